The van der Waals surface area contributed by atoms with Gasteiger partial charge in [-0.15, -0.1) is 0 Å². The minimum Gasteiger partial charge on any atom is -0.339 e. The molecule has 5 nitrogen and oxygen atoms in total. The van der Waals surface area contributed by atoms with Gasteiger partial charge in [-0.1, -0.05) is 19.9 Å². The van der Waals surface area contributed by atoms with Crippen molar-refractivity contribution in [3.63, 3.8) is 0 Å². The van der Waals surface area contributed by atoms with Gasteiger partial charge in [0.25, 0.3) is 5.91 Å². The second kappa shape index (κ2) is 6.48. The van der Waals surface area contributed by atoms with Crippen molar-refractivity contribution in [2.24, 2.45) is 11.8 Å². The van der Waals surface area contributed by atoms with Crippen LogP contribution in [0.2, 0.25) is 0 Å². The van der Waals surface area contributed by atoms with E-state index in [0.29, 0.717) is 36.5 Å². The minimum atomic E-state index is -3.55. The highest BCUT2D eigenvalue weighted by molar-refractivity contribution is 7.89. The maximum atomic E-state index is 13.0. The van der Waals surface area contributed by atoms with Gasteiger partial charge in [0, 0.05) is 31.7 Å². The normalized spacial score (nSPS) is 25.5. The average Bonchev–Trinajstić information content (AvgIpc) is 3.37. The smallest absolute Gasteiger partial charge is 0.253 e. The zero-order valence-electron chi connectivity index (χ0n) is 14.6. The van der Waals surface area contributed by atoms with Crippen molar-refractivity contribution in [2.75, 3.05) is 20.1 Å². The van der Waals surface area contributed by atoms with E-state index in [9.17, 15) is 13.2 Å². The molecule has 1 amide bonds. The first-order valence-corrected chi connectivity index (χ1v) is 10.1. The van der Waals surface area contributed by atoms with Crippen molar-refractivity contribution in [1.82, 2.24) is 9.21 Å². The molecule has 1 aliphatic carbocycles. The van der Waals surface area contributed by atoms with E-state index in [1.165, 1.54) is 6.07 Å². The van der Waals surface area contributed by atoms with E-state index in [1.807, 2.05) is 0 Å². The van der Waals surface area contributed by atoms with Gasteiger partial charge in [0.1, 0.15) is 0 Å². The van der Waals surface area contributed by atoms with Crippen molar-refractivity contribution >= 4 is 15.9 Å². The Kier molecular flexibility index (Phi) is 4.71. The van der Waals surface area contributed by atoms with Gasteiger partial charge in [-0.2, -0.15) is 4.31 Å². The van der Waals surface area contributed by atoms with Crippen LogP contribution in [0.4, 0.5) is 0 Å². The molecule has 0 spiro atoms. The summed E-state index contributed by atoms with van der Waals surface area (Å²) in [5.74, 6) is 0.610. The fourth-order valence-corrected chi connectivity index (χ4v) is 5.30. The van der Waals surface area contributed by atoms with Crippen LogP contribution >= 0.6 is 0 Å². The molecular weight excluding hydrogens is 324 g/mol. The van der Waals surface area contributed by atoms with Crippen LogP contribution in [-0.4, -0.2) is 49.7 Å². The van der Waals surface area contributed by atoms with Crippen molar-refractivity contribution in [3.05, 3.63) is 29.8 Å². The van der Waals surface area contributed by atoms with E-state index in [-0.39, 0.29) is 10.8 Å². The van der Waals surface area contributed by atoms with Crippen molar-refractivity contribution in [2.45, 2.75) is 44.0 Å². The fourth-order valence-electron chi connectivity index (χ4n) is 3.57. The molecule has 1 saturated carbocycles. The number of hydrogen-bond acceptors (Lipinski definition) is 3. The first-order chi connectivity index (χ1) is 11.3. The molecule has 2 atom stereocenters. The fraction of sp³-hybridized carbons (Fsp3) is 0.611. The predicted molar refractivity (Wildman–Crippen MR) is 93.3 cm³/mol. The third-order valence-electron chi connectivity index (χ3n) is 4.97. The summed E-state index contributed by atoms with van der Waals surface area (Å²) in [6.45, 7) is 5.27. The van der Waals surface area contributed by atoms with E-state index in [1.54, 1.807) is 34.5 Å². The maximum Gasteiger partial charge on any atom is 0.253 e. The third kappa shape index (κ3) is 3.49. The van der Waals surface area contributed by atoms with E-state index in [0.717, 1.165) is 19.3 Å². The Balaban J connectivity index is 1.85. The first-order valence-electron chi connectivity index (χ1n) is 8.66. The Hall–Kier alpha value is -1.40. The number of hydrogen-bond donors (Lipinski definition) is 0. The van der Waals surface area contributed by atoms with Gasteiger partial charge in [-0.3, -0.25) is 4.79 Å². The van der Waals surface area contributed by atoms with Gasteiger partial charge in [0.2, 0.25) is 10.0 Å². The van der Waals surface area contributed by atoms with E-state index in [2.05, 4.69) is 13.8 Å². The summed E-state index contributed by atoms with van der Waals surface area (Å²) in [7, 11) is -1.76. The van der Waals surface area contributed by atoms with Crippen LogP contribution in [0.15, 0.2) is 29.2 Å². The molecule has 2 aliphatic rings. The van der Waals surface area contributed by atoms with Crippen molar-refractivity contribution in [1.29, 1.82) is 0 Å². The molecule has 132 valence electrons. The topological polar surface area (TPSA) is 57.7 Å². The van der Waals surface area contributed by atoms with Gasteiger partial charge >= 0.3 is 0 Å². The maximum absolute atomic E-state index is 13.0. The second-order valence-corrected chi connectivity index (χ2v) is 9.38. The van der Waals surface area contributed by atoms with Crippen LogP contribution < -0.4 is 0 Å². The molecule has 0 bridgehead atoms. The molecule has 24 heavy (non-hydrogen) atoms. The standard InChI is InChI=1S/C18H26N2O3S/c1-13-9-14(2)12-20(11-13)24(22,23)17-6-4-5-15(10-17)18(21)19(3)16-7-8-16/h4-6,10,13-14,16H,7-9,11-12H2,1-3H3/t13-,14+. The summed E-state index contributed by atoms with van der Waals surface area (Å²) in [6, 6.07) is 6.79. The molecule has 0 N–H and O–H groups in total. The minimum absolute atomic E-state index is 0.102. The SMILES string of the molecule is C[C@@H]1C[C@H](C)CN(S(=O)(=O)c2cccc(C(=O)N(C)C3CC3)c2)C1. The Bertz CT molecular complexity index is 718. The summed E-state index contributed by atoms with van der Waals surface area (Å²) in [6.07, 6.45) is 3.12. The van der Waals surface area contributed by atoms with Crippen LogP contribution in [0.5, 0.6) is 0 Å². The molecule has 1 heterocycles. The third-order valence-corrected chi connectivity index (χ3v) is 6.80. The lowest BCUT2D eigenvalue weighted by molar-refractivity contribution is 0.0785. The molecular formula is C18H26N2O3S. The zero-order valence-corrected chi connectivity index (χ0v) is 15.4. The molecule has 2 fully saturated rings. The molecule has 0 unspecified atom stereocenters. The van der Waals surface area contributed by atoms with Gasteiger partial charge in [0.15, 0.2) is 0 Å². The van der Waals surface area contributed by atoms with Gasteiger partial charge < -0.3 is 4.90 Å². The number of carbonyl (C=O) groups is 1. The van der Waals surface area contributed by atoms with E-state index in [4.69, 9.17) is 0 Å². The highest BCUT2D eigenvalue weighted by Gasteiger charge is 2.33. The van der Waals surface area contributed by atoms with Crippen molar-refractivity contribution in [3.8, 4) is 0 Å². The van der Waals surface area contributed by atoms with Crippen LogP contribution in [0, 0.1) is 11.8 Å². The number of nitrogens with zero attached hydrogens (tertiary/aromatic N) is 2. The van der Waals surface area contributed by atoms with Gasteiger partial charge in [-0.05, 0) is 49.3 Å². The average molecular weight is 350 g/mol. The summed E-state index contributed by atoms with van der Waals surface area (Å²) in [4.78, 5) is 14.4. The number of carbonyl (C=O) groups excluding carboxylic acids is 1. The number of benzene rings is 1. The largest absolute Gasteiger partial charge is 0.339 e. The summed E-state index contributed by atoms with van der Waals surface area (Å²) >= 11 is 0. The molecule has 1 aliphatic heterocycles. The Morgan fingerprint density at radius 1 is 1.17 bits per heavy atom. The van der Waals surface area contributed by atoms with E-state index >= 15 is 0 Å². The molecule has 0 radical (unpaired) electrons. The Morgan fingerprint density at radius 3 is 2.38 bits per heavy atom. The molecule has 1 saturated heterocycles. The Morgan fingerprint density at radius 2 is 1.79 bits per heavy atom. The second-order valence-electron chi connectivity index (χ2n) is 7.44. The summed E-state index contributed by atoms with van der Waals surface area (Å²) < 4.78 is 27.5. The number of rotatable bonds is 4. The van der Waals surface area contributed by atoms with Crippen LogP contribution in [0.25, 0.3) is 0 Å². The molecule has 1 aromatic rings. The number of sulfonamides is 1. The lowest BCUT2D eigenvalue weighted by Gasteiger charge is -2.34. The lowest BCUT2D eigenvalue weighted by Crippen LogP contribution is -2.42. The quantitative estimate of drug-likeness (QED) is 0.839. The van der Waals surface area contributed by atoms with Gasteiger partial charge in [0.05, 0.1) is 4.90 Å². The molecule has 6 heteroatoms. The monoisotopic (exact) mass is 350 g/mol. The molecule has 1 aromatic carbocycles. The van der Waals surface area contributed by atoms with Crippen LogP contribution in [0.1, 0.15) is 43.5 Å². The van der Waals surface area contributed by atoms with Crippen LogP contribution in [0.3, 0.4) is 0 Å². The Labute approximate surface area is 144 Å². The first kappa shape index (κ1) is 17.4. The summed E-state index contributed by atoms with van der Waals surface area (Å²) in [5.41, 5.74) is 0.448. The molecule has 3 rings (SSSR count). The molecule has 0 aromatic heterocycles. The lowest BCUT2D eigenvalue weighted by atomic mass is 9.94. The van der Waals surface area contributed by atoms with Crippen molar-refractivity contribution < 1.29 is 13.2 Å². The number of piperidine rings is 1. The summed E-state index contributed by atoms with van der Waals surface area (Å²) in [5, 5.41) is 0. The predicted octanol–water partition coefficient (Wildman–Crippen LogP) is 2.59. The zero-order chi connectivity index (χ0) is 17.5. The highest BCUT2D eigenvalue weighted by Crippen LogP contribution is 2.29. The highest BCUT2D eigenvalue weighted by atomic mass is 32.2. The van der Waals surface area contributed by atoms with Crippen LogP contribution in [-0.2, 0) is 10.0 Å². The number of amides is 1. The van der Waals surface area contributed by atoms with Gasteiger partial charge in [-0.25, -0.2) is 8.42 Å². The van der Waals surface area contributed by atoms with E-state index < -0.39 is 10.0 Å².